The third kappa shape index (κ3) is 1.85. The van der Waals surface area contributed by atoms with Crippen molar-refractivity contribution in [2.45, 2.75) is 38.1 Å². The van der Waals surface area contributed by atoms with Crippen molar-refractivity contribution in [3.8, 4) is 0 Å². The van der Waals surface area contributed by atoms with E-state index in [1.165, 1.54) is 0 Å². The second-order valence-electron chi connectivity index (χ2n) is 4.52. The highest BCUT2D eigenvalue weighted by molar-refractivity contribution is 5.73. The van der Waals surface area contributed by atoms with Gasteiger partial charge in [0.1, 0.15) is 0 Å². The lowest BCUT2D eigenvalue weighted by molar-refractivity contribution is -0.139. The van der Waals surface area contributed by atoms with Crippen LogP contribution in [-0.4, -0.2) is 17.1 Å². The molecule has 2 atom stereocenters. The number of carboxylic acid groups (broad SMARTS) is 1. The maximum Gasteiger partial charge on any atom is 0.306 e. The highest BCUT2D eigenvalue weighted by Gasteiger charge is 2.47. The Balaban J connectivity index is 1.81. The van der Waals surface area contributed by atoms with E-state index in [1.807, 2.05) is 0 Å². The monoisotopic (exact) mass is 183 g/mol. The standard InChI is InChI=1S/C10H17NO2/c11-7-3-1-6(2-4-7)8-5-9(8)10(12)13/h6-9H,1-5,11H2,(H,12,13). The molecule has 2 unspecified atom stereocenters. The number of aliphatic carboxylic acids is 1. The van der Waals surface area contributed by atoms with Gasteiger partial charge in [0.25, 0.3) is 0 Å². The van der Waals surface area contributed by atoms with Crippen molar-refractivity contribution in [3.05, 3.63) is 0 Å². The van der Waals surface area contributed by atoms with Gasteiger partial charge >= 0.3 is 5.97 Å². The first-order valence-electron chi connectivity index (χ1n) is 5.17. The van der Waals surface area contributed by atoms with Gasteiger partial charge in [0.15, 0.2) is 0 Å². The Labute approximate surface area is 78.3 Å². The molecule has 0 saturated heterocycles. The Bertz CT molecular complexity index is 209. The number of carbonyl (C=O) groups is 1. The summed E-state index contributed by atoms with van der Waals surface area (Å²) in [6, 6.07) is 0.373. The summed E-state index contributed by atoms with van der Waals surface area (Å²) < 4.78 is 0. The minimum absolute atomic E-state index is 0.0284. The Morgan fingerprint density at radius 1 is 1.23 bits per heavy atom. The number of carboxylic acids is 1. The van der Waals surface area contributed by atoms with Crippen molar-refractivity contribution >= 4 is 5.97 Å². The fourth-order valence-electron chi connectivity index (χ4n) is 2.59. The topological polar surface area (TPSA) is 63.3 Å². The van der Waals surface area contributed by atoms with Gasteiger partial charge in [-0.3, -0.25) is 4.79 Å². The molecule has 0 aliphatic heterocycles. The second kappa shape index (κ2) is 3.29. The van der Waals surface area contributed by atoms with Crippen LogP contribution in [0, 0.1) is 17.8 Å². The molecule has 3 N–H and O–H groups in total. The van der Waals surface area contributed by atoms with Gasteiger partial charge in [0.2, 0.25) is 0 Å². The van der Waals surface area contributed by atoms with E-state index < -0.39 is 5.97 Å². The molecular formula is C10H17NO2. The molecule has 2 fully saturated rings. The first-order valence-corrected chi connectivity index (χ1v) is 5.17. The van der Waals surface area contributed by atoms with E-state index >= 15 is 0 Å². The summed E-state index contributed by atoms with van der Waals surface area (Å²) >= 11 is 0. The van der Waals surface area contributed by atoms with Crippen LogP contribution in [-0.2, 0) is 4.79 Å². The fraction of sp³-hybridized carbons (Fsp3) is 0.900. The largest absolute Gasteiger partial charge is 0.481 e. The maximum atomic E-state index is 10.7. The molecule has 2 aliphatic carbocycles. The fourth-order valence-corrected chi connectivity index (χ4v) is 2.59. The summed E-state index contributed by atoms with van der Waals surface area (Å²) in [6.07, 6.45) is 5.39. The van der Waals surface area contributed by atoms with Gasteiger partial charge in [-0.25, -0.2) is 0 Å². The van der Waals surface area contributed by atoms with Crippen molar-refractivity contribution in [1.29, 1.82) is 0 Å². The van der Waals surface area contributed by atoms with Gasteiger partial charge in [0.05, 0.1) is 5.92 Å². The van der Waals surface area contributed by atoms with E-state index in [4.69, 9.17) is 10.8 Å². The molecule has 0 bridgehead atoms. The molecule has 3 nitrogen and oxygen atoms in total. The number of rotatable bonds is 2. The smallest absolute Gasteiger partial charge is 0.306 e. The molecule has 2 saturated carbocycles. The molecule has 0 aromatic heterocycles. The maximum absolute atomic E-state index is 10.7. The van der Waals surface area contributed by atoms with Crippen LogP contribution in [0.1, 0.15) is 32.1 Å². The zero-order valence-corrected chi connectivity index (χ0v) is 7.78. The highest BCUT2D eigenvalue weighted by atomic mass is 16.4. The summed E-state index contributed by atoms with van der Waals surface area (Å²) in [4.78, 5) is 10.7. The van der Waals surface area contributed by atoms with Crippen LogP contribution in [0.25, 0.3) is 0 Å². The first kappa shape index (κ1) is 9.00. The number of nitrogens with two attached hydrogens (primary N) is 1. The van der Waals surface area contributed by atoms with Crippen molar-refractivity contribution in [2.75, 3.05) is 0 Å². The minimum Gasteiger partial charge on any atom is -0.481 e. The Morgan fingerprint density at radius 3 is 2.31 bits per heavy atom. The normalized spacial score (nSPS) is 44.4. The average molecular weight is 183 g/mol. The zero-order chi connectivity index (χ0) is 9.42. The molecular weight excluding hydrogens is 166 g/mol. The molecule has 0 spiro atoms. The number of hydrogen-bond donors (Lipinski definition) is 2. The predicted molar refractivity (Wildman–Crippen MR) is 49.2 cm³/mol. The van der Waals surface area contributed by atoms with Gasteiger partial charge in [-0.2, -0.15) is 0 Å². The van der Waals surface area contributed by atoms with Crippen LogP contribution in [0.4, 0.5) is 0 Å². The molecule has 0 amide bonds. The lowest BCUT2D eigenvalue weighted by Crippen LogP contribution is -2.27. The first-order chi connectivity index (χ1) is 6.18. The van der Waals surface area contributed by atoms with Crippen molar-refractivity contribution in [1.82, 2.24) is 0 Å². The van der Waals surface area contributed by atoms with E-state index in [2.05, 4.69) is 0 Å². The summed E-state index contributed by atoms with van der Waals surface area (Å²) in [5.74, 6) is 0.505. The Hall–Kier alpha value is -0.570. The second-order valence-corrected chi connectivity index (χ2v) is 4.52. The predicted octanol–water partition coefficient (Wildman–Crippen LogP) is 1.22. The van der Waals surface area contributed by atoms with Crippen molar-refractivity contribution < 1.29 is 9.90 Å². The highest BCUT2D eigenvalue weighted by Crippen LogP contribution is 2.49. The van der Waals surface area contributed by atoms with E-state index in [0.717, 1.165) is 32.1 Å². The molecule has 74 valence electrons. The van der Waals surface area contributed by atoms with Gasteiger partial charge in [-0.1, -0.05) is 0 Å². The van der Waals surface area contributed by atoms with E-state index in [1.54, 1.807) is 0 Å². The van der Waals surface area contributed by atoms with E-state index in [9.17, 15) is 4.79 Å². The SMILES string of the molecule is NC1CCC(C2CC2C(=O)O)CC1. The summed E-state index contributed by atoms with van der Waals surface area (Å²) in [5, 5.41) is 8.78. The lowest BCUT2D eigenvalue weighted by atomic mass is 9.83. The Morgan fingerprint density at radius 2 is 1.85 bits per heavy atom. The summed E-state index contributed by atoms with van der Waals surface area (Å²) in [6.45, 7) is 0. The van der Waals surface area contributed by atoms with E-state index in [0.29, 0.717) is 17.9 Å². The van der Waals surface area contributed by atoms with Crippen LogP contribution < -0.4 is 5.73 Å². The molecule has 0 aromatic rings. The average Bonchev–Trinajstić information content (AvgIpc) is 2.85. The van der Waals surface area contributed by atoms with E-state index in [-0.39, 0.29) is 5.92 Å². The summed E-state index contributed by atoms with van der Waals surface area (Å²) in [5.41, 5.74) is 5.80. The zero-order valence-electron chi connectivity index (χ0n) is 7.78. The van der Waals surface area contributed by atoms with Crippen LogP contribution in [0.3, 0.4) is 0 Å². The van der Waals surface area contributed by atoms with Crippen LogP contribution >= 0.6 is 0 Å². The third-order valence-corrected chi connectivity index (χ3v) is 3.58. The Kier molecular flexibility index (Phi) is 2.28. The minimum atomic E-state index is -0.597. The lowest BCUT2D eigenvalue weighted by Gasteiger charge is -2.25. The molecule has 0 aromatic carbocycles. The van der Waals surface area contributed by atoms with Crippen LogP contribution in [0.2, 0.25) is 0 Å². The molecule has 2 rings (SSSR count). The van der Waals surface area contributed by atoms with Crippen molar-refractivity contribution in [3.63, 3.8) is 0 Å². The third-order valence-electron chi connectivity index (χ3n) is 3.58. The van der Waals surface area contributed by atoms with Gasteiger partial charge in [-0.15, -0.1) is 0 Å². The van der Waals surface area contributed by atoms with Gasteiger partial charge in [0, 0.05) is 6.04 Å². The molecule has 13 heavy (non-hydrogen) atoms. The number of hydrogen-bond acceptors (Lipinski definition) is 2. The quantitative estimate of drug-likeness (QED) is 0.676. The summed E-state index contributed by atoms with van der Waals surface area (Å²) in [7, 11) is 0. The van der Waals surface area contributed by atoms with Crippen LogP contribution in [0.15, 0.2) is 0 Å². The van der Waals surface area contributed by atoms with Crippen LogP contribution in [0.5, 0.6) is 0 Å². The molecule has 0 radical (unpaired) electrons. The molecule has 2 aliphatic rings. The van der Waals surface area contributed by atoms with Gasteiger partial charge in [-0.05, 0) is 43.9 Å². The molecule has 0 heterocycles. The van der Waals surface area contributed by atoms with Crippen molar-refractivity contribution in [2.24, 2.45) is 23.5 Å². The molecule has 3 heteroatoms. The van der Waals surface area contributed by atoms with Gasteiger partial charge < -0.3 is 10.8 Å².